The highest BCUT2D eigenvalue weighted by molar-refractivity contribution is 9.10. The van der Waals surface area contributed by atoms with Crippen LogP contribution in [0.5, 0.6) is 0 Å². The van der Waals surface area contributed by atoms with E-state index in [1.807, 2.05) is 26.0 Å². The second-order valence-corrected chi connectivity index (χ2v) is 7.55. The Balaban J connectivity index is 1.87. The molecule has 132 valence electrons. The highest BCUT2D eigenvalue weighted by Crippen LogP contribution is 2.31. The van der Waals surface area contributed by atoms with E-state index >= 15 is 0 Å². The van der Waals surface area contributed by atoms with E-state index in [0.717, 1.165) is 21.3 Å². The van der Waals surface area contributed by atoms with Crippen molar-refractivity contribution in [1.82, 2.24) is 5.32 Å². The minimum atomic E-state index is -0.463. The van der Waals surface area contributed by atoms with Crippen molar-refractivity contribution in [3.8, 4) is 0 Å². The van der Waals surface area contributed by atoms with Crippen molar-refractivity contribution in [2.45, 2.75) is 13.8 Å². The highest BCUT2D eigenvalue weighted by atomic mass is 79.9. The molecule has 1 heterocycles. The number of nitro groups is 1. The summed E-state index contributed by atoms with van der Waals surface area (Å²) >= 11 is 4.73. The quantitative estimate of drug-likeness (QED) is 0.426. The number of nitro benzene ring substituents is 1. The van der Waals surface area contributed by atoms with Gasteiger partial charge < -0.3 is 5.32 Å². The Hall–Kier alpha value is -2.45. The number of non-ortho nitro benzene ring substituents is 1. The zero-order valence-corrected chi connectivity index (χ0v) is 16.3. The third-order valence-corrected chi connectivity index (χ3v) is 5.84. The zero-order chi connectivity index (χ0) is 18.8. The largest absolute Gasteiger partial charge is 0.300 e. The molecule has 8 heteroatoms. The second-order valence-electron chi connectivity index (χ2n) is 5.73. The standard InChI is InChI=1S/C18H14BrN3O3S/c1-10-6-13(7-11(2)16(10)19)20-18-21-17(23)15(26-18)9-12-4-3-5-14(8-12)22(24)25/h3-9H,1-2H3,(H,20,21,23)/b15-9-. The van der Waals surface area contributed by atoms with Crippen LogP contribution in [-0.2, 0) is 4.79 Å². The Morgan fingerprint density at radius 1 is 1.23 bits per heavy atom. The van der Waals surface area contributed by atoms with Crippen LogP contribution in [0.1, 0.15) is 16.7 Å². The van der Waals surface area contributed by atoms with Gasteiger partial charge in [-0.15, -0.1) is 0 Å². The van der Waals surface area contributed by atoms with Crippen molar-refractivity contribution in [3.63, 3.8) is 0 Å². The Morgan fingerprint density at radius 2 is 1.92 bits per heavy atom. The summed E-state index contributed by atoms with van der Waals surface area (Å²) in [4.78, 5) is 27.5. The average Bonchev–Trinajstić information content (AvgIpc) is 2.92. The SMILES string of the molecule is Cc1cc(N=C2NC(=O)/C(=C/c3cccc([N+](=O)[O-])c3)S2)cc(C)c1Br. The van der Waals surface area contributed by atoms with Crippen LogP contribution in [0, 0.1) is 24.0 Å². The molecule has 1 amide bonds. The summed E-state index contributed by atoms with van der Waals surface area (Å²) in [6.45, 7) is 3.96. The van der Waals surface area contributed by atoms with Gasteiger partial charge >= 0.3 is 0 Å². The van der Waals surface area contributed by atoms with E-state index in [2.05, 4.69) is 26.2 Å². The van der Waals surface area contributed by atoms with Crippen LogP contribution in [-0.4, -0.2) is 16.0 Å². The van der Waals surface area contributed by atoms with Crippen LogP contribution in [0.2, 0.25) is 0 Å². The van der Waals surface area contributed by atoms with Gasteiger partial charge in [0.2, 0.25) is 0 Å². The number of halogens is 1. The molecule has 0 unspecified atom stereocenters. The fraction of sp³-hybridized carbons (Fsp3) is 0.111. The molecule has 0 radical (unpaired) electrons. The maximum absolute atomic E-state index is 12.2. The van der Waals surface area contributed by atoms with Crippen LogP contribution in [0.25, 0.3) is 6.08 Å². The van der Waals surface area contributed by atoms with E-state index in [1.54, 1.807) is 18.2 Å². The minimum absolute atomic E-state index is 0.0162. The first kappa shape index (κ1) is 18.3. The fourth-order valence-electron chi connectivity index (χ4n) is 2.46. The summed E-state index contributed by atoms with van der Waals surface area (Å²) in [6, 6.07) is 10.00. The average molecular weight is 432 g/mol. The first-order valence-electron chi connectivity index (χ1n) is 7.64. The summed E-state index contributed by atoms with van der Waals surface area (Å²) in [5.74, 6) is -0.272. The van der Waals surface area contributed by atoms with Crippen molar-refractivity contribution in [1.29, 1.82) is 0 Å². The number of nitrogens with one attached hydrogen (secondary N) is 1. The molecular weight excluding hydrogens is 418 g/mol. The predicted octanol–water partition coefficient (Wildman–Crippen LogP) is 4.87. The maximum atomic E-state index is 12.2. The number of amides is 1. The molecule has 6 nitrogen and oxygen atoms in total. The van der Waals surface area contributed by atoms with Crippen molar-refractivity contribution >= 4 is 56.2 Å². The molecule has 0 spiro atoms. The number of carbonyl (C=O) groups excluding carboxylic acids is 1. The van der Waals surface area contributed by atoms with Gasteiger partial charge in [-0.05, 0) is 60.5 Å². The number of amidine groups is 1. The zero-order valence-electron chi connectivity index (χ0n) is 13.9. The molecule has 1 aliphatic heterocycles. The topological polar surface area (TPSA) is 84.6 Å². The van der Waals surface area contributed by atoms with Gasteiger partial charge in [0.05, 0.1) is 15.5 Å². The van der Waals surface area contributed by atoms with Gasteiger partial charge in [0, 0.05) is 16.6 Å². The summed E-state index contributed by atoms with van der Waals surface area (Å²) < 4.78 is 1.04. The number of rotatable bonds is 3. The Bertz CT molecular complexity index is 962. The van der Waals surface area contributed by atoms with Gasteiger partial charge in [-0.3, -0.25) is 14.9 Å². The molecule has 1 N–H and O–H groups in total. The van der Waals surface area contributed by atoms with Crippen LogP contribution < -0.4 is 5.32 Å². The van der Waals surface area contributed by atoms with Crippen LogP contribution in [0.4, 0.5) is 11.4 Å². The molecule has 2 aromatic carbocycles. The van der Waals surface area contributed by atoms with Crippen molar-refractivity contribution in [3.05, 3.63) is 72.6 Å². The van der Waals surface area contributed by atoms with Gasteiger partial charge in [-0.25, -0.2) is 4.99 Å². The van der Waals surface area contributed by atoms with Crippen LogP contribution >= 0.6 is 27.7 Å². The third kappa shape index (κ3) is 4.03. The molecule has 1 aliphatic rings. The molecule has 26 heavy (non-hydrogen) atoms. The number of carbonyl (C=O) groups is 1. The maximum Gasteiger partial charge on any atom is 0.270 e. The Kier molecular flexibility index (Phi) is 5.24. The normalized spacial score (nSPS) is 17.0. The number of nitrogens with zero attached hydrogens (tertiary/aromatic N) is 2. The second kappa shape index (κ2) is 7.43. The van der Waals surface area contributed by atoms with Gasteiger partial charge in [0.25, 0.3) is 11.6 Å². The molecule has 3 rings (SSSR count). The number of hydrogen-bond acceptors (Lipinski definition) is 5. The van der Waals surface area contributed by atoms with Gasteiger partial charge in [0.15, 0.2) is 5.17 Å². The van der Waals surface area contributed by atoms with Crippen molar-refractivity contribution in [2.24, 2.45) is 4.99 Å². The van der Waals surface area contributed by atoms with Gasteiger partial charge in [0.1, 0.15) is 0 Å². The summed E-state index contributed by atoms with van der Waals surface area (Å²) in [5, 5.41) is 14.1. The molecule has 0 aliphatic carbocycles. The molecule has 0 aromatic heterocycles. The van der Waals surface area contributed by atoms with E-state index in [-0.39, 0.29) is 11.6 Å². The highest BCUT2D eigenvalue weighted by Gasteiger charge is 2.24. The van der Waals surface area contributed by atoms with Crippen molar-refractivity contribution < 1.29 is 9.72 Å². The number of aliphatic imine (C=N–C) groups is 1. The molecule has 1 fully saturated rings. The third-order valence-electron chi connectivity index (χ3n) is 3.68. The Morgan fingerprint density at radius 3 is 2.58 bits per heavy atom. The van der Waals surface area contributed by atoms with E-state index < -0.39 is 4.92 Å². The van der Waals surface area contributed by atoms with E-state index in [0.29, 0.717) is 15.6 Å². The van der Waals surface area contributed by atoms with Crippen LogP contribution in [0.3, 0.4) is 0 Å². The lowest BCUT2D eigenvalue weighted by atomic mass is 10.1. The lowest BCUT2D eigenvalue weighted by molar-refractivity contribution is -0.384. The monoisotopic (exact) mass is 431 g/mol. The van der Waals surface area contributed by atoms with E-state index in [9.17, 15) is 14.9 Å². The Labute approximate surface area is 162 Å². The number of benzene rings is 2. The molecule has 0 bridgehead atoms. The molecule has 0 atom stereocenters. The summed E-state index contributed by atoms with van der Waals surface area (Å²) in [6.07, 6.45) is 1.62. The smallest absolute Gasteiger partial charge is 0.270 e. The van der Waals surface area contributed by atoms with Crippen molar-refractivity contribution in [2.75, 3.05) is 0 Å². The number of thioether (sulfide) groups is 1. The molecular formula is C18H14BrN3O3S. The summed E-state index contributed by atoms with van der Waals surface area (Å²) in [7, 11) is 0. The molecule has 0 saturated carbocycles. The van der Waals surface area contributed by atoms with Crippen LogP contribution in [0.15, 0.2) is 50.8 Å². The van der Waals surface area contributed by atoms with Gasteiger partial charge in [-0.2, -0.15) is 0 Å². The number of hydrogen-bond donors (Lipinski definition) is 1. The van der Waals surface area contributed by atoms with E-state index in [1.165, 1.54) is 23.9 Å². The predicted molar refractivity (Wildman–Crippen MR) is 108 cm³/mol. The minimum Gasteiger partial charge on any atom is -0.300 e. The molecule has 2 aromatic rings. The lowest BCUT2D eigenvalue weighted by Gasteiger charge is -2.04. The number of aryl methyl sites for hydroxylation is 2. The molecule has 1 saturated heterocycles. The first-order valence-corrected chi connectivity index (χ1v) is 9.25. The fourth-order valence-corrected chi connectivity index (χ4v) is 3.54. The van der Waals surface area contributed by atoms with E-state index in [4.69, 9.17) is 0 Å². The first-order chi connectivity index (χ1) is 12.3. The van der Waals surface area contributed by atoms with Gasteiger partial charge in [-0.1, -0.05) is 28.1 Å². The summed E-state index contributed by atoms with van der Waals surface area (Å²) in [5.41, 5.74) is 3.45. The lowest BCUT2D eigenvalue weighted by Crippen LogP contribution is -2.19.